The van der Waals surface area contributed by atoms with E-state index in [0.29, 0.717) is 46.7 Å². The van der Waals surface area contributed by atoms with Crippen molar-refractivity contribution in [2.75, 3.05) is 20.2 Å². The van der Waals surface area contributed by atoms with E-state index in [1.165, 1.54) is 0 Å². The average molecular weight is 525 g/mol. The van der Waals surface area contributed by atoms with Crippen LogP contribution in [0.2, 0.25) is 5.02 Å². The third-order valence-electron chi connectivity index (χ3n) is 6.36. The number of aryl methyl sites for hydroxylation is 1. The van der Waals surface area contributed by atoms with Gasteiger partial charge < -0.3 is 15.8 Å². The van der Waals surface area contributed by atoms with Crippen molar-refractivity contribution in [3.63, 3.8) is 0 Å². The lowest BCUT2D eigenvalue weighted by Gasteiger charge is -2.18. The number of aromatic nitrogens is 3. The quantitative estimate of drug-likeness (QED) is 0.205. The van der Waals surface area contributed by atoms with Crippen molar-refractivity contribution < 1.29 is 9.53 Å². The first kappa shape index (κ1) is 28.3. The molecule has 1 aromatic heterocycles. The van der Waals surface area contributed by atoms with Gasteiger partial charge in [0.05, 0.1) is 18.5 Å². The van der Waals surface area contributed by atoms with Crippen molar-refractivity contribution in [2.45, 2.75) is 52.4 Å². The summed E-state index contributed by atoms with van der Waals surface area (Å²) in [7, 11) is 1.60. The van der Waals surface area contributed by atoms with Crippen molar-refractivity contribution in [3.05, 3.63) is 70.3 Å². The molecule has 0 radical (unpaired) electrons. The van der Waals surface area contributed by atoms with Crippen LogP contribution in [0.5, 0.6) is 5.75 Å². The molecule has 1 unspecified atom stereocenters. The van der Waals surface area contributed by atoms with Crippen LogP contribution in [0.4, 0.5) is 0 Å². The van der Waals surface area contributed by atoms with Crippen LogP contribution in [0.1, 0.15) is 61.8 Å². The van der Waals surface area contributed by atoms with Gasteiger partial charge >= 0.3 is 0 Å². The third kappa shape index (κ3) is 7.63. The number of benzene rings is 2. The monoisotopic (exact) mass is 524 g/mol. The van der Waals surface area contributed by atoms with Crippen molar-refractivity contribution >= 4 is 23.2 Å². The molecule has 1 heterocycles. The molecule has 37 heavy (non-hydrogen) atoms. The molecule has 0 spiro atoms. The minimum absolute atomic E-state index is 0.00183. The maximum atomic E-state index is 12.8. The average Bonchev–Trinajstić information content (AvgIpc) is 3.26. The molecule has 9 heteroatoms. The smallest absolute Gasteiger partial charge is 0.223 e. The van der Waals surface area contributed by atoms with Crippen LogP contribution in [0.15, 0.2) is 42.5 Å². The van der Waals surface area contributed by atoms with Gasteiger partial charge in [-0.1, -0.05) is 49.9 Å². The fraction of sp³-hybridized carbons (Fsp3) is 0.429. The number of hydrogen-bond donors (Lipinski definition) is 3. The van der Waals surface area contributed by atoms with Gasteiger partial charge in [-0.2, -0.15) is 0 Å². The second-order valence-electron chi connectivity index (χ2n) is 9.22. The summed E-state index contributed by atoms with van der Waals surface area (Å²) in [6, 6.07) is 12.7. The zero-order valence-corrected chi connectivity index (χ0v) is 22.6. The van der Waals surface area contributed by atoms with Gasteiger partial charge in [0.1, 0.15) is 17.4 Å². The molecule has 0 aliphatic rings. The number of carbonyl (C=O) groups is 1. The molecular weight excluding hydrogens is 488 g/mol. The molecule has 0 saturated heterocycles. The lowest BCUT2D eigenvalue weighted by Crippen LogP contribution is -2.31. The Morgan fingerprint density at radius 2 is 1.81 bits per heavy atom. The summed E-state index contributed by atoms with van der Waals surface area (Å²) in [5.41, 5.74) is 8.00. The zero-order valence-electron chi connectivity index (χ0n) is 21.9. The maximum absolute atomic E-state index is 12.8. The van der Waals surface area contributed by atoms with E-state index in [1.807, 2.05) is 48.7 Å². The number of halogens is 1. The molecule has 3 rings (SSSR count). The van der Waals surface area contributed by atoms with Gasteiger partial charge in [0.2, 0.25) is 5.91 Å². The van der Waals surface area contributed by atoms with Crippen LogP contribution in [-0.4, -0.2) is 46.6 Å². The van der Waals surface area contributed by atoms with Crippen molar-refractivity contribution in [1.29, 1.82) is 5.41 Å². The van der Waals surface area contributed by atoms with Crippen LogP contribution in [0, 0.1) is 18.3 Å². The Labute approximate surface area is 224 Å². The number of nitrogens with two attached hydrogens (primary N) is 1. The van der Waals surface area contributed by atoms with Crippen LogP contribution < -0.4 is 15.8 Å². The number of nitrogens with one attached hydrogen (secondary N) is 2. The molecule has 0 saturated carbocycles. The number of unbranched alkanes of at least 4 members (excludes halogenated alkanes) is 4. The van der Waals surface area contributed by atoms with Gasteiger partial charge in [0, 0.05) is 35.0 Å². The van der Waals surface area contributed by atoms with E-state index in [0.717, 1.165) is 49.9 Å². The van der Waals surface area contributed by atoms with Gasteiger partial charge in [0.15, 0.2) is 0 Å². The zero-order chi connectivity index (χ0) is 26.8. The summed E-state index contributed by atoms with van der Waals surface area (Å²) >= 11 is 6.06. The molecule has 1 atom stereocenters. The summed E-state index contributed by atoms with van der Waals surface area (Å²) in [6.45, 7) is 5.17. The Bertz CT molecular complexity index is 1190. The number of ether oxygens (including phenoxy) is 1. The highest BCUT2D eigenvalue weighted by atomic mass is 35.5. The van der Waals surface area contributed by atoms with E-state index >= 15 is 0 Å². The lowest BCUT2D eigenvalue weighted by atomic mass is 9.99. The van der Waals surface area contributed by atoms with E-state index in [2.05, 4.69) is 15.5 Å². The SMILES string of the molecule is COc1ccc(-n2c(C)nnc2CC(C)C(=O)NCCCCCCCN)c(C(=N)c2ccc(Cl)cc2)c1. The lowest BCUT2D eigenvalue weighted by molar-refractivity contribution is -0.124. The predicted octanol–water partition coefficient (Wildman–Crippen LogP) is 4.86. The molecule has 3 aromatic rings. The van der Waals surface area contributed by atoms with Crippen LogP contribution in [-0.2, 0) is 11.2 Å². The number of rotatable bonds is 14. The summed E-state index contributed by atoms with van der Waals surface area (Å²) in [5.74, 6) is 1.70. The molecule has 2 aromatic carbocycles. The summed E-state index contributed by atoms with van der Waals surface area (Å²) in [4.78, 5) is 12.8. The summed E-state index contributed by atoms with van der Waals surface area (Å²) in [5, 5.41) is 21.3. The van der Waals surface area contributed by atoms with Gasteiger partial charge in [-0.25, -0.2) is 0 Å². The van der Waals surface area contributed by atoms with Crippen molar-refractivity contribution in [2.24, 2.45) is 11.7 Å². The summed E-state index contributed by atoms with van der Waals surface area (Å²) in [6.07, 6.45) is 5.79. The standard InChI is InChI=1S/C28H37ClN6O2/c1-19(28(36)32-16-8-6-4-5-7-15-30)17-26-34-33-20(2)35(26)25-14-13-23(37-3)18-24(25)27(31)21-9-11-22(29)12-10-21/h9-14,18-19,31H,4-8,15-17,30H2,1-3H3,(H,32,36). The minimum atomic E-state index is -0.281. The molecule has 1 amide bonds. The highest BCUT2D eigenvalue weighted by Gasteiger charge is 2.22. The molecule has 0 bridgehead atoms. The maximum Gasteiger partial charge on any atom is 0.223 e. The minimum Gasteiger partial charge on any atom is -0.497 e. The second-order valence-corrected chi connectivity index (χ2v) is 9.65. The Morgan fingerprint density at radius 1 is 1.11 bits per heavy atom. The number of carbonyl (C=O) groups excluding carboxylic acids is 1. The first-order valence-corrected chi connectivity index (χ1v) is 13.2. The highest BCUT2D eigenvalue weighted by molar-refractivity contribution is 6.30. The Hall–Kier alpha value is -3.23. The molecule has 0 aliphatic carbocycles. The van der Waals surface area contributed by atoms with E-state index in [-0.39, 0.29) is 11.8 Å². The number of amides is 1. The molecule has 0 fully saturated rings. The van der Waals surface area contributed by atoms with Gasteiger partial charge in [-0.3, -0.25) is 14.8 Å². The normalized spacial score (nSPS) is 11.8. The number of methoxy groups -OCH3 is 1. The van der Waals surface area contributed by atoms with Crippen molar-refractivity contribution in [3.8, 4) is 11.4 Å². The Balaban J connectivity index is 1.78. The first-order chi connectivity index (χ1) is 17.8. The van der Waals surface area contributed by atoms with Crippen LogP contribution in [0.25, 0.3) is 5.69 Å². The molecular formula is C28H37ClN6O2. The molecule has 4 N–H and O–H groups in total. The van der Waals surface area contributed by atoms with E-state index < -0.39 is 0 Å². The Morgan fingerprint density at radius 3 is 2.51 bits per heavy atom. The van der Waals surface area contributed by atoms with E-state index in [4.69, 9.17) is 27.5 Å². The van der Waals surface area contributed by atoms with Crippen molar-refractivity contribution in [1.82, 2.24) is 20.1 Å². The van der Waals surface area contributed by atoms with Gasteiger partial charge in [-0.15, -0.1) is 10.2 Å². The first-order valence-electron chi connectivity index (χ1n) is 12.8. The fourth-order valence-corrected chi connectivity index (χ4v) is 4.34. The van der Waals surface area contributed by atoms with Crippen LogP contribution >= 0.6 is 11.6 Å². The summed E-state index contributed by atoms with van der Waals surface area (Å²) < 4.78 is 7.36. The van der Waals surface area contributed by atoms with Gasteiger partial charge in [0.25, 0.3) is 0 Å². The van der Waals surface area contributed by atoms with Crippen LogP contribution in [0.3, 0.4) is 0 Å². The topological polar surface area (TPSA) is 119 Å². The molecule has 0 aliphatic heterocycles. The van der Waals surface area contributed by atoms with E-state index in [1.54, 1.807) is 19.2 Å². The number of nitrogens with zero attached hydrogens (tertiary/aromatic N) is 3. The number of hydrogen-bond acceptors (Lipinski definition) is 6. The molecule has 198 valence electrons. The van der Waals surface area contributed by atoms with E-state index in [9.17, 15) is 4.79 Å². The predicted molar refractivity (Wildman–Crippen MR) is 148 cm³/mol. The Kier molecular flexibility index (Phi) is 10.7. The fourth-order valence-electron chi connectivity index (χ4n) is 4.21. The third-order valence-corrected chi connectivity index (χ3v) is 6.61. The molecule has 8 nitrogen and oxygen atoms in total. The highest BCUT2D eigenvalue weighted by Crippen LogP contribution is 2.27. The van der Waals surface area contributed by atoms with Gasteiger partial charge in [-0.05, 0) is 56.6 Å². The largest absolute Gasteiger partial charge is 0.497 e. The second kappa shape index (κ2) is 13.9.